The largest absolute Gasteiger partial charge is 0.307 e. The molecule has 0 aromatic carbocycles. The summed E-state index contributed by atoms with van der Waals surface area (Å²) in [5.41, 5.74) is 3.21. The highest BCUT2D eigenvalue weighted by atomic mass is 15.0. The summed E-state index contributed by atoms with van der Waals surface area (Å²) in [6, 6.07) is 2.12. The fourth-order valence-electron chi connectivity index (χ4n) is 5.29. The maximum Gasteiger partial charge on any atom is 0.0315 e. The third-order valence-corrected chi connectivity index (χ3v) is 5.84. The molecule has 1 aromatic heterocycles. The lowest BCUT2D eigenvalue weighted by Gasteiger charge is -2.57. The van der Waals surface area contributed by atoms with Gasteiger partial charge in [0.15, 0.2) is 0 Å². The van der Waals surface area contributed by atoms with Crippen molar-refractivity contribution in [3.63, 3.8) is 0 Å². The third-order valence-electron chi connectivity index (χ3n) is 5.84. The first-order valence-electron chi connectivity index (χ1n) is 7.87. The van der Waals surface area contributed by atoms with E-state index in [0.29, 0.717) is 5.54 Å². The van der Waals surface area contributed by atoms with Gasteiger partial charge in [0, 0.05) is 24.5 Å². The van der Waals surface area contributed by atoms with Crippen LogP contribution in [0.3, 0.4) is 0 Å². The molecular formula is C17H24N2. The second kappa shape index (κ2) is 4.31. The maximum atomic E-state index is 4.27. The molecule has 4 aliphatic carbocycles. The molecule has 0 unspecified atom stereocenters. The van der Waals surface area contributed by atoms with Crippen LogP contribution in [0.2, 0.25) is 0 Å². The molecule has 1 aromatic rings. The Morgan fingerprint density at radius 1 is 1.16 bits per heavy atom. The molecule has 2 nitrogen and oxygen atoms in total. The minimum atomic E-state index is 0.469. The van der Waals surface area contributed by atoms with Crippen molar-refractivity contribution in [1.29, 1.82) is 0 Å². The summed E-state index contributed by atoms with van der Waals surface area (Å²) in [7, 11) is 0. The molecule has 1 heterocycles. The normalized spacial score (nSPS) is 39.7. The van der Waals surface area contributed by atoms with Gasteiger partial charge in [-0.2, -0.15) is 0 Å². The molecular weight excluding hydrogens is 232 g/mol. The lowest BCUT2D eigenvalue weighted by molar-refractivity contribution is -0.0206. The number of aromatic nitrogens is 1. The number of hydrogen-bond acceptors (Lipinski definition) is 2. The zero-order chi connectivity index (χ0) is 12.9. The van der Waals surface area contributed by atoms with E-state index in [9.17, 15) is 0 Å². The predicted octanol–water partition coefficient (Wildman–Crippen LogP) is 3.45. The first-order valence-corrected chi connectivity index (χ1v) is 7.87. The van der Waals surface area contributed by atoms with E-state index in [1.54, 1.807) is 0 Å². The van der Waals surface area contributed by atoms with Crippen molar-refractivity contribution in [2.45, 2.75) is 57.5 Å². The standard InChI is InChI=1S/C17H24N2/c1-12-2-3-18-10-16(12)11-19-17-7-13-4-14(8-17)6-15(5-13)9-17/h2-3,10,13-15,19H,4-9,11H2,1H3. The van der Waals surface area contributed by atoms with Crippen LogP contribution in [0.1, 0.15) is 49.7 Å². The highest BCUT2D eigenvalue weighted by molar-refractivity contribution is 5.21. The number of hydrogen-bond donors (Lipinski definition) is 1. The number of nitrogens with one attached hydrogen (secondary N) is 1. The first kappa shape index (κ1) is 11.9. The molecule has 5 rings (SSSR count). The molecule has 1 N–H and O–H groups in total. The van der Waals surface area contributed by atoms with Crippen molar-refractivity contribution in [2.24, 2.45) is 17.8 Å². The molecule has 0 atom stereocenters. The van der Waals surface area contributed by atoms with Crippen LogP contribution >= 0.6 is 0 Å². The van der Waals surface area contributed by atoms with Gasteiger partial charge in [-0.05, 0) is 80.4 Å². The van der Waals surface area contributed by atoms with Crippen LogP contribution in [0.25, 0.3) is 0 Å². The Morgan fingerprint density at radius 2 is 1.79 bits per heavy atom. The molecule has 0 aliphatic heterocycles. The number of aryl methyl sites for hydroxylation is 1. The summed E-state index contributed by atoms with van der Waals surface area (Å²) in [5.74, 6) is 3.07. The molecule has 19 heavy (non-hydrogen) atoms. The van der Waals surface area contributed by atoms with Crippen molar-refractivity contribution in [3.8, 4) is 0 Å². The van der Waals surface area contributed by atoms with Gasteiger partial charge >= 0.3 is 0 Å². The molecule has 4 saturated carbocycles. The number of nitrogens with zero attached hydrogens (tertiary/aromatic N) is 1. The van der Waals surface area contributed by atoms with Gasteiger partial charge in [-0.15, -0.1) is 0 Å². The highest BCUT2D eigenvalue weighted by Crippen LogP contribution is 2.55. The van der Waals surface area contributed by atoms with Crippen LogP contribution in [0, 0.1) is 24.7 Å². The molecule has 0 radical (unpaired) electrons. The SMILES string of the molecule is Cc1ccncc1CNC12CC3CC(CC(C3)C1)C2. The van der Waals surface area contributed by atoms with E-state index in [-0.39, 0.29) is 0 Å². The topological polar surface area (TPSA) is 24.9 Å². The minimum absolute atomic E-state index is 0.469. The van der Waals surface area contributed by atoms with E-state index in [0.717, 1.165) is 24.3 Å². The van der Waals surface area contributed by atoms with Gasteiger partial charge in [0.1, 0.15) is 0 Å². The van der Waals surface area contributed by atoms with E-state index in [4.69, 9.17) is 0 Å². The van der Waals surface area contributed by atoms with Crippen LogP contribution in [0.5, 0.6) is 0 Å². The van der Waals surface area contributed by atoms with Crippen molar-refractivity contribution in [2.75, 3.05) is 0 Å². The summed E-state index contributed by atoms with van der Waals surface area (Å²) < 4.78 is 0. The average molecular weight is 256 g/mol. The monoisotopic (exact) mass is 256 g/mol. The Morgan fingerprint density at radius 3 is 2.37 bits per heavy atom. The van der Waals surface area contributed by atoms with E-state index in [1.165, 1.54) is 49.7 Å². The van der Waals surface area contributed by atoms with Gasteiger partial charge in [-0.3, -0.25) is 4.98 Å². The number of rotatable bonds is 3. The Kier molecular flexibility index (Phi) is 2.70. The maximum absolute atomic E-state index is 4.27. The van der Waals surface area contributed by atoms with Crippen molar-refractivity contribution in [3.05, 3.63) is 29.6 Å². The number of pyridine rings is 1. The molecule has 102 valence electrons. The van der Waals surface area contributed by atoms with E-state index in [2.05, 4.69) is 23.3 Å². The van der Waals surface area contributed by atoms with Crippen molar-refractivity contribution in [1.82, 2.24) is 10.3 Å². The fourth-order valence-corrected chi connectivity index (χ4v) is 5.29. The second-order valence-electron chi connectivity index (χ2n) is 7.35. The van der Waals surface area contributed by atoms with Gasteiger partial charge in [0.25, 0.3) is 0 Å². The summed E-state index contributed by atoms with van der Waals surface area (Å²) in [6.07, 6.45) is 12.8. The van der Waals surface area contributed by atoms with Crippen molar-refractivity contribution >= 4 is 0 Å². The predicted molar refractivity (Wildman–Crippen MR) is 76.7 cm³/mol. The van der Waals surface area contributed by atoms with Crippen LogP contribution in [-0.4, -0.2) is 10.5 Å². The molecule has 4 bridgehead atoms. The first-order chi connectivity index (χ1) is 9.22. The Labute approximate surface area is 116 Å². The van der Waals surface area contributed by atoms with E-state index < -0.39 is 0 Å². The zero-order valence-corrected chi connectivity index (χ0v) is 11.9. The van der Waals surface area contributed by atoms with Crippen LogP contribution in [-0.2, 0) is 6.54 Å². The van der Waals surface area contributed by atoms with Gasteiger partial charge in [-0.25, -0.2) is 0 Å². The Hall–Kier alpha value is -0.890. The average Bonchev–Trinajstić information content (AvgIpc) is 2.36. The van der Waals surface area contributed by atoms with Gasteiger partial charge in [0.05, 0.1) is 0 Å². The van der Waals surface area contributed by atoms with Gasteiger partial charge in [-0.1, -0.05) is 0 Å². The fraction of sp³-hybridized carbons (Fsp3) is 0.706. The zero-order valence-electron chi connectivity index (χ0n) is 11.9. The van der Waals surface area contributed by atoms with E-state index >= 15 is 0 Å². The van der Waals surface area contributed by atoms with Gasteiger partial charge < -0.3 is 5.32 Å². The lowest BCUT2D eigenvalue weighted by atomic mass is 9.53. The quantitative estimate of drug-likeness (QED) is 0.896. The Balaban J connectivity index is 1.49. The smallest absolute Gasteiger partial charge is 0.0315 e. The summed E-state index contributed by atoms with van der Waals surface area (Å²) in [4.78, 5) is 4.27. The Bertz CT molecular complexity index is 445. The van der Waals surface area contributed by atoms with E-state index in [1.807, 2.05) is 12.4 Å². The molecule has 0 amide bonds. The molecule has 2 heteroatoms. The molecule has 0 spiro atoms. The van der Waals surface area contributed by atoms with Crippen LogP contribution in [0.4, 0.5) is 0 Å². The highest BCUT2D eigenvalue weighted by Gasteiger charge is 2.50. The minimum Gasteiger partial charge on any atom is -0.307 e. The molecule has 4 aliphatic rings. The summed E-state index contributed by atoms with van der Waals surface area (Å²) in [6.45, 7) is 3.20. The van der Waals surface area contributed by atoms with Crippen LogP contribution < -0.4 is 5.32 Å². The van der Waals surface area contributed by atoms with Gasteiger partial charge in [0.2, 0.25) is 0 Å². The second-order valence-corrected chi connectivity index (χ2v) is 7.35. The molecule has 0 saturated heterocycles. The lowest BCUT2D eigenvalue weighted by Crippen LogP contribution is -2.58. The third kappa shape index (κ3) is 2.10. The summed E-state index contributed by atoms with van der Waals surface area (Å²) >= 11 is 0. The summed E-state index contributed by atoms with van der Waals surface area (Å²) in [5, 5.41) is 3.94. The molecule has 4 fully saturated rings. The van der Waals surface area contributed by atoms with Crippen molar-refractivity contribution < 1.29 is 0 Å². The van der Waals surface area contributed by atoms with Crippen LogP contribution in [0.15, 0.2) is 18.5 Å².